The first-order chi connectivity index (χ1) is 11.0. The number of hydrogen-bond acceptors (Lipinski definition) is 4. The summed E-state index contributed by atoms with van der Waals surface area (Å²) >= 11 is 0. The number of nitrogens with one attached hydrogen (secondary N) is 1. The highest BCUT2D eigenvalue weighted by Crippen LogP contribution is 2.21. The normalized spacial score (nSPS) is 11.6. The second kappa shape index (κ2) is 7.45. The van der Waals surface area contributed by atoms with E-state index in [1.54, 1.807) is 49.6 Å². The molecule has 1 atom stereocenters. The summed E-state index contributed by atoms with van der Waals surface area (Å²) in [5.74, 6) is -0.892. The van der Waals surface area contributed by atoms with Gasteiger partial charge in [0.2, 0.25) is 0 Å². The van der Waals surface area contributed by atoms with Gasteiger partial charge >= 0.3 is 0 Å². The van der Waals surface area contributed by atoms with Crippen LogP contribution in [-0.4, -0.2) is 19.0 Å². The van der Waals surface area contributed by atoms with Gasteiger partial charge in [-0.2, -0.15) is 0 Å². The average Bonchev–Trinajstić information content (AvgIpc) is 2.54. The zero-order valence-corrected chi connectivity index (χ0v) is 13.0. The molecular weight excluding hydrogens is 294 g/mol. The van der Waals surface area contributed by atoms with Crippen molar-refractivity contribution in [1.29, 1.82) is 0 Å². The molecule has 0 saturated carbocycles. The lowest BCUT2D eigenvalue weighted by Gasteiger charge is -2.20. The van der Waals surface area contributed by atoms with E-state index >= 15 is 0 Å². The average molecular weight is 312 g/mol. The Morgan fingerprint density at radius 3 is 2.43 bits per heavy atom. The van der Waals surface area contributed by atoms with E-state index in [2.05, 4.69) is 5.32 Å². The first-order valence-electron chi connectivity index (χ1n) is 7.21. The molecule has 0 aliphatic carbocycles. The SMILES string of the molecule is COc1ccc([C@H](CC(=O)[O-])NC(=O)c2cccc(C)c2)cc1. The molecule has 0 heterocycles. The number of benzene rings is 2. The molecule has 23 heavy (non-hydrogen) atoms. The predicted octanol–water partition coefficient (Wildman–Crippen LogP) is 1.61. The van der Waals surface area contributed by atoms with Crippen molar-refractivity contribution in [3.8, 4) is 5.75 Å². The standard InChI is InChI=1S/C18H19NO4/c1-12-4-3-5-14(10-12)18(22)19-16(11-17(20)21)13-6-8-15(23-2)9-7-13/h3-10,16H,11H2,1-2H3,(H,19,22)(H,20,21)/p-1/t16-/m0/s1. The molecule has 1 N–H and O–H groups in total. The van der Waals surface area contributed by atoms with Crippen LogP contribution in [0.4, 0.5) is 0 Å². The molecule has 0 bridgehead atoms. The van der Waals surface area contributed by atoms with Gasteiger partial charge < -0.3 is 20.0 Å². The fraction of sp³-hybridized carbons (Fsp3) is 0.222. The molecule has 0 unspecified atom stereocenters. The van der Waals surface area contributed by atoms with Crippen LogP contribution in [0.15, 0.2) is 48.5 Å². The maximum Gasteiger partial charge on any atom is 0.251 e. The summed E-state index contributed by atoms with van der Waals surface area (Å²) in [5, 5.41) is 13.7. The minimum Gasteiger partial charge on any atom is -0.550 e. The monoisotopic (exact) mass is 312 g/mol. The molecule has 5 heteroatoms. The van der Waals surface area contributed by atoms with Crippen molar-refractivity contribution in [3.63, 3.8) is 0 Å². The lowest BCUT2D eigenvalue weighted by atomic mass is 10.0. The number of carboxylic acids is 1. The Morgan fingerprint density at radius 2 is 1.87 bits per heavy atom. The third kappa shape index (κ3) is 4.57. The van der Waals surface area contributed by atoms with E-state index in [0.717, 1.165) is 5.56 Å². The number of aliphatic carboxylic acids is 1. The van der Waals surface area contributed by atoms with Gasteiger partial charge in [-0.15, -0.1) is 0 Å². The van der Waals surface area contributed by atoms with Crippen molar-refractivity contribution >= 4 is 11.9 Å². The highest BCUT2D eigenvalue weighted by Gasteiger charge is 2.16. The van der Waals surface area contributed by atoms with E-state index in [-0.39, 0.29) is 12.3 Å². The van der Waals surface area contributed by atoms with E-state index in [0.29, 0.717) is 16.9 Å². The molecule has 0 aliphatic rings. The van der Waals surface area contributed by atoms with Crippen LogP contribution in [0.5, 0.6) is 5.75 Å². The summed E-state index contributed by atoms with van der Waals surface area (Å²) < 4.78 is 5.08. The summed E-state index contributed by atoms with van der Waals surface area (Å²) in [6.45, 7) is 1.89. The van der Waals surface area contributed by atoms with Crippen LogP contribution in [0.2, 0.25) is 0 Å². The van der Waals surface area contributed by atoms with Gasteiger partial charge in [0.15, 0.2) is 0 Å². The quantitative estimate of drug-likeness (QED) is 0.879. The largest absolute Gasteiger partial charge is 0.550 e. The van der Waals surface area contributed by atoms with E-state index in [1.807, 2.05) is 13.0 Å². The van der Waals surface area contributed by atoms with Crippen molar-refractivity contribution in [1.82, 2.24) is 5.32 Å². The van der Waals surface area contributed by atoms with Gasteiger partial charge in [0, 0.05) is 18.0 Å². The number of carbonyl (C=O) groups excluding carboxylic acids is 2. The summed E-state index contributed by atoms with van der Waals surface area (Å²) in [5.41, 5.74) is 2.12. The lowest BCUT2D eigenvalue weighted by molar-refractivity contribution is -0.306. The van der Waals surface area contributed by atoms with Gasteiger partial charge in [-0.1, -0.05) is 29.8 Å². The third-order valence-corrected chi connectivity index (χ3v) is 3.47. The van der Waals surface area contributed by atoms with Crippen molar-refractivity contribution in [3.05, 3.63) is 65.2 Å². The number of aryl methyl sites for hydroxylation is 1. The van der Waals surface area contributed by atoms with Crippen molar-refractivity contribution in [2.75, 3.05) is 7.11 Å². The van der Waals surface area contributed by atoms with Crippen molar-refractivity contribution < 1.29 is 19.4 Å². The Kier molecular flexibility index (Phi) is 5.36. The number of carboxylic acid groups (broad SMARTS) is 1. The van der Waals surface area contributed by atoms with E-state index in [4.69, 9.17) is 4.74 Å². The molecule has 0 fully saturated rings. The minimum atomic E-state index is -1.23. The smallest absolute Gasteiger partial charge is 0.251 e. The number of carbonyl (C=O) groups is 2. The minimum absolute atomic E-state index is 0.302. The van der Waals surface area contributed by atoms with Crippen LogP contribution >= 0.6 is 0 Å². The van der Waals surface area contributed by atoms with Gasteiger partial charge in [0.1, 0.15) is 5.75 Å². The fourth-order valence-corrected chi connectivity index (χ4v) is 2.28. The number of rotatable bonds is 6. The maximum atomic E-state index is 12.3. The van der Waals surface area contributed by atoms with E-state index in [9.17, 15) is 14.7 Å². The van der Waals surface area contributed by atoms with Crippen molar-refractivity contribution in [2.45, 2.75) is 19.4 Å². The molecular formula is C18H18NO4-. The highest BCUT2D eigenvalue weighted by molar-refractivity contribution is 5.94. The summed E-state index contributed by atoms with van der Waals surface area (Å²) in [6.07, 6.45) is -0.302. The molecule has 2 aromatic rings. The number of methoxy groups -OCH3 is 1. The van der Waals surface area contributed by atoms with Crippen LogP contribution in [-0.2, 0) is 4.79 Å². The first-order valence-corrected chi connectivity index (χ1v) is 7.21. The topological polar surface area (TPSA) is 78.5 Å². The molecule has 1 amide bonds. The van der Waals surface area contributed by atoms with Gasteiger partial charge in [-0.25, -0.2) is 0 Å². The molecule has 0 aliphatic heterocycles. The van der Waals surface area contributed by atoms with Crippen LogP contribution in [0.25, 0.3) is 0 Å². The number of hydrogen-bond donors (Lipinski definition) is 1. The zero-order valence-electron chi connectivity index (χ0n) is 13.0. The maximum absolute atomic E-state index is 12.3. The van der Waals surface area contributed by atoms with Crippen LogP contribution in [0, 0.1) is 6.92 Å². The third-order valence-electron chi connectivity index (χ3n) is 3.47. The Morgan fingerprint density at radius 1 is 1.17 bits per heavy atom. The first kappa shape index (κ1) is 16.5. The number of amides is 1. The van der Waals surface area contributed by atoms with Crippen LogP contribution in [0.1, 0.15) is 33.9 Å². The molecule has 2 rings (SSSR count). The molecule has 0 radical (unpaired) electrons. The van der Waals surface area contributed by atoms with Crippen LogP contribution in [0.3, 0.4) is 0 Å². The van der Waals surface area contributed by atoms with Crippen LogP contribution < -0.4 is 15.2 Å². The molecule has 0 aromatic heterocycles. The summed E-state index contributed by atoms with van der Waals surface area (Å²) in [6, 6.07) is 13.3. The Hall–Kier alpha value is -2.82. The van der Waals surface area contributed by atoms with E-state index in [1.165, 1.54) is 0 Å². The van der Waals surface area contributed by atoms with Gasteiger partial charge in [0.25, 0.3) is 5.91 Å². The molecule has 0 spiro atoms. The molecule has 5 nitrogen and oxygen atoms in total. The van der Waals surface area contributed by atoms with E-state index < -0.39 is 12.0 Å². The molecule has 0 saturated heterocycles. The summed E-state index contributed by atoms with van der Waals surface area (Å²) in [7, 11) is 1.55. The van der Waals surface area contributed by atoms with Gasteiger partial charge in [0.05, 0.1) is 13.2 Å². The highest BCUT2D eigenvalue weighted by atomic mass is 16.5. The number of ether oxygens (including phenoxy) is 1. The Balaban J connectivity index is 2.20. The predicted molar refractivity (Wildman–Crippen MR) is 84.0 cm³/mol. The lowest BCUT2D eigenvalue weighted by Crippen LogP contribution is -2.34. The Labute approximate surface area is 134 Å². The zero-order chi connectivity index (χ0) is 16.8. The fourth-order valence-electron chi connectivity index (χ4n) is 2.28. The second-order valence-electron chi connectivity index (χ2n) is 5.24. The van der Waals surface area contributed by atoms with Gasteiger partial charge in [-0.3, -0.25) is 4.79 Å². The summed E-state index contributed by atoms with van der Waals surface area (Å²) in [4.78, 5) is 23.3. The van der Waals surface area contributed by atoms with Crippen molar-refractivity contribution in [2.24, 2.45) is 0 Å². The van der Waals surface area contributed by atoms with Gasteiger partial charge in [-0.05, 0) is 36.8 Å². The second-order valence-corrected chi connectivity index (χ2v) is 5.24. The molecule has 2 aromatic carbocycles. The molecule has 120 valence electrons. The Bertz CT molecular complexity index is 694.